The highest BCUT2D eigenvalue weighted by Crippen LogP contribution is 2.50. The lowest BCUT2D eigenvalue weighted by Crippen LogP contribution is -2.22. The number of nitrogens with one attached hydrogen (secondary N) is 1. The first-order chi connectivity index (χ1) is 13.6. The number of benzene rings is 2. The number of methoxy groups -OCH3 is 1. The molecule has 1 atom stereocenters. The average molecular weight is 373 g/mol. The molecule has 4 rings (SSSR count). The second-order valence-corrected chi connectivity index (χ2v) is 6.38. The topological polar surface area (TPSA) is 90.2 Å². The fourth-order valence-corrected chi connectivity index (χ4v) is 3.59. The predicted molar refractivity (Wildman–Crippen MR) is 110 cm³/mol. The third kappa shape index (κ3) is 2.66. The Morgan fingerprint density at radius 3 is 2.57 bits per heavy atom. The van der Waals surface area contributed by atoms with E-state index in [1.54, 1.807) is 19.3 Å². The first kappa shape index (κ1) is 17.6. The van der Waals surface area contributed by atoms with Crippen LogP contribution in [0, 0.1) is 0 Å². The monoisotopic (exact) mass is 373 g/mol. The van der Waals surface area contributed by atoms with Crippen LogP contribution in [0.2, 0.25) is 0 Å². The van der Waals surface area contributed by atoms with Crippen molar-refractivity contribution in [1.82, 2.24) is 9.97 Å². The second-order valence-electron chi connectivity index (χ2n) is 6.38. The van der Waals surface area contributed by atoms with E-state index >= 15 is 0 Å². The number of nitrogens with zero attached hydrogens (tertiary/aromatic N) is 1. The lowest BCUT2D eigenvalue weighted by Gasteiger charge is -2.30. The third-order valence-electron chi connectivity index (χ3n) is 4.90. The van der Waals surface area contributed by atoms with Crippen molar-refractivity contribution in [2.45, 2.75) is 5.92 Å². The van der Waals surface area contributed by atoms with Gasteiger partial charge in [0.25, 0.3) is 0 Å². The SMILES string of the molecule is C=Cc1ccc2c(c1C=C)Oc1nc(=O)[nH]c(N)c1C2c1ccc(OC)cc1. The average Bonchev–Trinajstić information content (AvgIpc) is 2.71. The Morgan fingerprint density at radius 1 is 1.18 bits per heavy atom. The molecule has 1 unspecified atom stereocenters. The van der Waals surface area contributed by atoms with Gasteiger partial charge in [0.15, 0.2) is 0 Å². The summed E-state index contributed by atoms with van der Waals surface area (Å²) in [6.45, 7) is 7.75. The first-order valence-corrected chi connectivity index (χ1v) is 8.70. The minimum absolute atomic E-state index is 0.193. The Kier molecular flexibility index (Phi) is 4.24. The second kappa shape index (κ2) is 6.74. The van der Waals surface area contributed by atoms with Crippen LogP contribution in [0.5, 0.6) is 17.4 Å². The van der Waals surface area contributed by atoms with Crippen molar-refractivity contribution in [1.29, 1.82) is 0 Å². The van der Waals surface area contributed by atoms with Crippen molar-refractivity contribution >= 4 is 18.0 Å². The number of hydrogen-bond acceptors (Lipinski definition) is 5. The molecule has 1 aliphatic heterocycles. The molecule has 1 aliphatic rings. The summed E-state index contributed by atoms with van der Waals surface area (Å²) in [5.74, 6) is 1.50. The molecule has 6 heteroatoms. The number of nitrogen functional groups attached to an aromatic ring is 1. The molecule has 0 amide bonds. The molecule has 140 valence electrons. The number of fused-ring (bicyclic) bond motifs is 2. The van der Waals surface area contributed by atoms with Crippen LogP contribution in [0.15, 0.2) is 54.4 Å². The third-order valence-corrected chi connectivity index (χ3v) is 4.90. The summed E-state index contributed by atoms with van der Waals surface area (Å²) < 4.78 is 11.3. The number of H-pyrrole nitrogens is 1. The highest BCUT2D eigenvalue weighted by molar-refractivity contribution is 5.75. The number of aromatic amines is 1. The van der Waals surface area contributed by atoms with Gasteiger partial charge < -0.3 is 15.2 Å². The Balaban J connectivity index is 2.03. The maximum Gasteiger partial charge on any atom is 0.349 e. The van der Waals surface area contributed by atoms with E-state index in [2.05, 4.69) is 23.1 Å². The van der Waals surface area contributed by atoms with Crippen LogP contribution >= 0.6 is 0 Å². The van der Waals surface area contributed by atoms with E-state index in [0.717, 1.165) is 28.0 Å². The van der Waals surface area contributed by atoms with Crippen LogP contribution in [-0.2, 0) is 0 Å². The lowest BCUT2D eigenvalue weighted by molar-refractivity contribution is 0.414. The normalized spacial score (nSPS) is 14.4. The van der Waals surface area contributed by atoms with Gasteiger partial charge in [0.05, 0.1) is 12.7 Å². The fourth-order valence-electron chi connectivity index (χ4n) is 3.59. The fraction of sp³-hybridized carbons (Fsp3) is 0.0909. The van der Waals surface area contributed by atoms with E-state index in [1.165, 1.54) is 0 Å². The summed E-state index contributed by atoms with van der Waals surface area (Å²) in [5, 5.41) is 0. The molecule has 3 aromatic rings. The molecule has 1 aromatic heterocycles. The number of anilines is 1. The van der Waals surface area contributed by atoms with Gasteiger partial charge in [-0.2, -0.15) is 4.98 Å². The lowest BCUT2D eigenvalue weighted by atomic mass is 9.82. The number of rotatable bonds is 4. The smallest absolute Gasteiger partial charge is 0.349 e. The number of nitrogens with two attached hydrogens (primary N) is 1. The van der Waals surface area contributed by atoms with Gasteiger partial charge in [-0.25, -0.2) is 4.79 Å². The van der Waals surface area contributed by atoms with Crippen LogP contribution in [0.25, 0.3) is 12.2 Å². The molecular weight excluding hydrogens is 354 g/mol. The Hall–Kier alpha value is -3.80. The van der Waals surface area contributed by atoms with Crippen LogP contribution in [0.1, 0.15) is 33.7 Å². The number of hydrogen-bond donors (Lipinski definition) is 2. The standard InChI is InChI=1S/C22H19N3O3/c1-4-12-8-11-16-17(13-6-9-14(27-3)10-7-13)18-20(23)24-22(26)25-21(18)28-19(16)15(12)5-2/h4-11,17H,1-2H2,3H3,(H3,23,24,25,26). The number of ether oxygens (including phenoxy) is 2. The molecule has 0 bridgehead atoms. The molecule has 0 aliphatic carbocycles. The van der Waals surface area contributed by atoms with Crippen LogP contribution in [0.4, 0.5) is 5.82 Å². The molecule has 3 N–H and O–H groups in total. The van der Waals surface area contributed by atoms with Crippen LogP contribution in [-0.4, -0.2) is 17.1 Å². The van der Waals surface area contributed by atoms with Crippen molar-refractivity contribution in [2.75, 3.05) is 12.8 Å². The molecule has 0 fully saturated rings. The van der Waals surface area contributed by atoms with Gasteiger partial charge in [-0.05, 0) is 23.3 Å². The van der Waals surface area contributed by atoms with E-state index in [0.29, 0.717) is 11.3 Å². The maximum atomic E-state index is 11.9. The molecule has 0 saturated carbocycles. The minimum atomic E-state index is -0.562. The molecule has 28 heavy (non-hydrogen) atoms. The summed E-state index contributed by atoms with van der Waals surface area (Å²) in [4.78, 5) is 18.5. The maximum absolute atomic E-state index is 11.9. The van der Waals surface area contributed by atoms with Crippen molar-refractivity contribution < 1.29 is 9.47 Å². The summed E-state index contributed by atoms with van der Waals surface area (Å²) in [6.07, 6.45) is 3.45. The van der Waals surface area contributed by atoms with Crippen molar-refractivity contribution in [3.63, 3.8) is 0 Å². The Morgan fingerprint density at radius 2 is 1.93 bits per heavy atom. The zero-order valence-electron chi connectivity index (χ0n) is 15.4. The van der Waals surface area contributed by atoms with Crippen molar-refractivity contribution in [3.8, 4) is 17.4 Å². The zero-order chi connectivity index (χ0) is 19.8. The van der Waals surface area contributed by atoms with Gasteiger partial charge in [-0.1, -0.05) is 49.6 Å². The van der Waals surface area contributed by atoms with Gasteiger partial charge in [-0.15, -0.1) is 0 Å². The van der Waals surface area contributed by atoms with Gasteiger partial charge >= 0.3 is 5.69 Å². The highest BCUT2D eigenvalue weighted by atomic mass is 16.5. The van der Waals surface area contributed by atoms with Gasteiger partial charge in [-0.3, -0.25) is 4.98 Å². The van der Waals surface area contributed by atoms with E-state index in [9.17, 15) is 4.79 Å². The first-order valence-electron chi connectivity index (χ1n) is 8.70. The molecule has 0 saturated heterocycles. The van der Waals surface area contributed by atoms with E-state index in [4.69, 9.17) is 15.2 Å². The molecule has 2 aromatic carbocycles. The molecule has 6 nitrogen and oxygen atoms in total. The zero-order valence-corrected chi connectivity index (χ0v) is 15.4. The predicted octanol–water partition coefficient (Wildman–Crippen LogP) is 3.93. The quantitative estimate of drug-likeness (QED) is 0.566. The highest BCUT2D eigenvalue weighted by Gasteiger charge is 2.34. The van der Waals surface area contributed by atoms with E-state index in [1.807, 2.05) is 36.4 Å². The van der Waals surface area contributed by atoms with Gasteiger partial charge in [0.2, 0.25) is 5.88 Å². The van der Waals surface area contributed by atoms with Crippen LogP contribution < -0.4 is 20.9 Å². The summed E-state index contributed by atoms with van der Waals surface area (Å²) in [6, 6.07) is 11.6. The van der Waals surface area contributed by atoms with Crippen molar-refractivity contribution in [2.24, 2.45) is 0 Å². The molecule has 0 radical (unpaired) electrons. The summed E-state index contributed by atoms with van der Waals surface area (Å²) >= 11 is 0. The van der Waals surface area contributed by atoms with Gasteiger partial charge in [0.1, 0.15) is 17.3 Å². The van der Waals surface area contributed by atoms with Gasteiger partial charge in [0, 0.05) is 17.0 Å². The Bertz CT molecular complexity index is 1150. The van der Waals surface area contributed by atoms with Crippen molar-refractivity contribution in [3.05, 3.63) is 87.9 Å². The summed E-state index contributed by atoms with van der Waals surface area (Å²) in [7, 11) is 1.62. The number of aromatic nitrogens is 2. The molecular formula is C22H19N3O3. The minimum Gasteiger partial charge on any atom is -0.497 e. The Labute approximate surface area is 162 Å². The largest absolute Gasteiger partial charge is 0.497 e. The van der Waals surface area contributed by atoms with E-state index < -0.39 is 5.69 Å². The molecule has 0 spiro atoms. The van der Waals surface area contributed by atoms with E-state index in [-0.39, 0.29) is 17.6 Å². The summed E-state index contributed by atoms with van der Waals surface area (Å²) in [5.41, 5.74) is 9.77. The van der Waals surface area contributed by atoms with Crippen LogP contribution in [0.3, 0.4) is 0 Å². The molecule has 2 heterocycles.